The number of hydrogen-bond donors (Lipinski definition) is 2. The number of nitrogens with one attached hydrogen (secondary N) is 1. The second-order valence-corrected chi connectivity index (χ2v) is 10.2. The number of aliphatic hydroxyl groups is 1. The van der Waals surface area contributed by atoms with Gasteiger partial charge in [-0.1, -0.05) is 12.1 Å². The normalized spacial score (nSPS) is 17.3. The van der Waals surface area contributed by atoms with E-state index in [0.717, 1.165) is 12.1 Å². The molecule has 1 heterocycles. The van der Waals surface area contributed by atoms with Gasteiger partial charge in [0.05, 0.1) is 12.2 Å². The summed E-state index contributed by atoms with van der Waals surface area (Å²) in [6.45, 7) is 5.44. The number of alkyl halides is 3. The van der Waals surface area contributed by atoms with Gasteiger partial charge in [0.2, 0.25) is 5.90 Å². The molecular weight excluding hydrogens is 517 g/mol. The van der Waals surface area contributed by atoms with Crippen LogP contribution in [0.25, 0.3) is 0 Å². The highest BCUT2D eigenvalue weighted by atomic mass is 19.4. The van der Waals surface area contributed by atoms with Gasteiger partial charge in [-0.05, 0) is 69.2 Å². The second kappa shape index (κ2) is 12.5. The molecule has 11 heteroatoms. The van der Waals surface area contributed by atoms with Gasteiger partial charge < -0.3 is 24.6 Å². The Morgan fingerprint density at radius 1 is 1.08 bits per heavy atom. The standard InChI is InChI=1S/C28H33F3N2O6/c1-26(2,3)39-23(35)13-14-27(25(36)32-17-19-5-9-21(10-6-19)28(29,30)31)18-38-24(33-27)20-7-11-22(12-8-20)37-16-4-15-34/h5-12,34H,4,13-18H2,1-3H3,(H,32,36)/t27-/m1/s1. The van der Waals surface area contributed by atoms with Gasteiger partial charge in [0, 0.05) is 31.6 Å². The van der Waals surface area contributed by atoms with Gasteiger partial charge in [-0.25, -0.2) is 4.99 Å². The van der Waals surface area contributed by atoms with Crippen LogP contribution in [-0.2, 0) is 31.8 Å². The molecule has 0 bridgehead atoms. The molecule has 0 aromatic heterocycles. The highest BCUT2D eigenvalue weighted by Gasteiger charge is 2.44. The van der Waals surface area contributed by atoms with E-state index < -0.39 is 34.8 Å². The van der Waals surface area contributed by atoms with E-state index in [0.29, 0.717) is 29.9 Å². The fourth-order valence-corrected chi connectivity index (χ4v) is 3.76. The number of benzene rings is 2. The highest BCUT2D eigenvalue weighted by molar-refractivity contribution is 6.00. The lowest BCUT2D eigenvalue weighted by molar-refractivity contribution is -0.155. The Kier molecular flexibility index (Phi) is 9.60. The third-order valence-electron chi connectivity index (χ3n) is 5.76. The Bertz CT molecular complexity index is 1160. The van der Waals surface area contributed by atoms with Crippen LogP contribution < -0.4 is 10.1 Å². The first-order valence-corrected chi connectivity index (χ1v) is 12.5. The smallest absolute Gasteiger partial charge is 0.416 e. The Morgan fingerprint density at radius 2 is 1.74 bits per heavy atom. The number of hydrogen-bond acceptors (Lipinski definition) is 7. The first-order chi connectivity index (χ1) is 18.3. The van der Waals surface area contributed by atoms with Crippen LogP contribution in [0.2, 0.25) is 0 Å². The van der Waals surface area contributed by atoms with Crippen LogP contribution in [-0.4, -0.2) is 53.8 Å². The first-order valence-electron chi connectivity index (χ1n) is 12.5. The van der Waals surface area contributed by atoms with E-state index in [2.05, 4.69) is 10.3 Å². The zero-order valence-corrected chi connectivity index (χ0v) is 22.1. The summed E-state index contributed by atoms with van der Waals surface area (Å²) in [4.78, 5) is 30.4. The summed E-state index contributed by atoms with van der Waals surface area (Å²) in [5.41, 5.74) is -1.85. The van der Waals surface area contributed by atoms with Crippen molar-refractivity contribution in [3.05, 3.63) is 65.2 Å². The molecule has 8 nitrogen and oxygen atoms in total. The van der Waals surface area contributed by atoms with Crippen LogP contribution in [0.15, 0.2) is 53.5 Å². The summed E-state index contributed by atoms with van der Waals surface area (Å²) in [6, 6.07) is 11.3. The van der Waals surface area contributed by atoms with E-state index >= 15 is 0 Å². The number of aliphatic imine (C=N–C) groups is 1. The van der Waals surface area contributed by atoms with Gasteiger partial charge in [-0.3, -0.25) is 9.59 Å². The molecule has 1 amide bonds. The van der Waals surface area contributed by atoms with Crippen molar-refractivity contribution < 1.29 is 42.1 Å². The predicted molar refractivity (Wildman–Crippen MR) is 137 cm³/mol. The van der Waals surface area contributed by atoms with Gasteiger partial charge in [0.25, 0.3) is 5.91 Å². The third kappa shape index (κ3) is 8.71. The molecular formula is C28H33F3N2O6. The van der Waals surface area contributed by atoms with Crippen molar-refractivity contribution in [2.24, 2.45) is 4.99 Å². The van der Waals surface area contributed by atoms with Crippen LogP contribution in [0.5, 0.6) is 5.75 Å². The van der Waals surface area contributed by atoms with Crippen molar-refractivity contribution in [2.75, 3.05) is 19.8 Å². The minimum Gasteiger partial charge on any atom is -0.494 e. The largest absolute Gasteiger partial charge is 0.494 e. The maximum absolute atomic E-state index is 13.4. The number of ether oxygens (including phenoxy) is 3. The van der Waals surface area contributed by atoms with Gasteiger partial charge in [0.15, 0.2) is 5.54 Å². The molecule has 212 valence electrons. The summed E-state index contributed by atoms with van der Waals surface area (Å²) < 4.78 is 55.3. The van der Waals surface area contributed by atoms with Crippen molar-refractivity contribution in [1.29, 1.82) is 0 Å². The van der Waals surface area contributed by atoms with Crippen molar-refractivity contribution in [2.45, 2.75) is 63.9 Å². The predicted octanol–water partition coefficient (Wildman–Crippen LogP) is 4.42. The Balaban J connectivity index is 1.76. The average molecular weight is 551 g/mol. The Labute approximate surface area is 225 Å². The monoisotopic (exact) mass is 550 g/mol. The third-order valence-corrected chi connectivity index (χ3v) is 5.76. The number of carbonyl (C=O) groups is 2. The maximum Gasteiger partial charge on any atom is 0.416 e. The lowest BCUT2D eigenvalue weighted by atomic mass is 9.94. The van der Waals surface area contributed by atoms with Crippen LogP contribution in [0.4, 0.5) is 13.2 Å². The van der Waals surface area contributed by atoms with E-state index in [9.17, 15) is 22.8 Å². The summed E-state index contributed by atoms with van der Waals surface area (Å²) in [7, 11) is 0. The lowest BCUT2D eigenvalue weighted by Crippen LogP contribution is -2.47. The van der Waals surface area contributed by atoms with Crippen LogP contribution in [0, 0.1) is 0 Å². The lowest BCUT2D eigenvalue weighted by Gasteiger charge is -2.24. The molecule has 2 N–H and O–H groups in total. The second-order valence-electron chi connectivity index (χ2n) is 10.2. The Hall–Kier alpha value is -3.60. The molecule has 0 aliphatic carbocycles. The topological polar surface area (TPSA) is 106 Å². The van der Waals surface area contributed by atoms with Gasteiger partial charge >= 0.3 is 12.1 Å². The van der Waals surface area contributed by atoms with Gasteiger partial charge in [-0.2, -0.15) is 13.2 Å². The molecule has 0 fully saturated rings. The van der Waals surface area contributed by atoms with E-state index in [1.54, 1.807) is 45.0 Å². The van der Waals surface area contributed by atoms with Crippen molar-refractivity contribution >= 4 is 17.8 Å². The van der Waals surface area contributed by atoms with E-state index in [-0.39, 0.29) is 38.5 Å². The van der Waals surface area contributed by atoms with Crippen LogP contribution >= 0.6 is 0 Å². The zero-order valence-electron chi connectivity index (χ0n) is 22.1. The van der Waals surface area contributed by atoms with E-state index in [1.165, 1.54) is 12.1 Å². The number of nitrogens with zero attached hydrogens (tertiary/aromatic N) is 1. The number of aliphatic hydroxyl groups excluding tert-OH is 1. The molecule has 2 aromatic carbocycles. The molecule has 0 saturated heterocycles. The van der Waals surface area contributed by atoms with Crippen LogP contribution in [0.1, 0.15) is 56.7 Å². The summed E-state index contributed by atoms with van der Waals surface area (Å²) in [6.07, 6.45) is -4.04. The molecule has 0 radical (unpaired) electrons. The summed E-state index contributed by atoms with van der Waals surface area (Å²) in [5, 5.41) is 11.6. The highest BCUT2D eigenvalue weighted by Crippen LogP contribution is 2.30. The van der Waals surface area contributed by atoms with Crippen molar-refractivity contribution in [1.82, 2.24) is 5.32 Å². The fraction of sp³-hybridized carbons (Fsp3) is 0.464. The van der Waals surface area contributed by atoms with Gasteiger partial charge in [0.1, 0.15) is 18.0 Å². The summed E-state index contributed by atoms with van der Waals surface area (Å²) >= 11 is 0. The first kappa shape index (κ1) is 29.9. The number of esters is 1. The Morgan fingerprint density at radius 3 is 2.33 bits per heavy atom. The molecule has 0 saturated carbocycles. The number of carbonyl (C=O) groups excluding carboxylic acids is 2. The number of amides is 1. The average Bonchev–Trinajstić information content (AvgIpc) is 3.31. The van der Waals surface area contributed by atoms with E-state index in [4.69, 9.17) is 19.3 Å². The van der Waals surface area contributed by atoms with Crippen molar-refractivity contribution in [3.63, 3.8) is 0 Å². The molecule has 0 unspecified atom stereocenters. The quantitative estimate of drug-likeness (QED) is 0.317. The maximum atomic E-state index is 13.4. The fourth-order valence-electron chi connectivity index (χ4n) is 3.76. The minimum absolute atomic E-state index is 0.00656. The molecule has 39 heavy (non-hydrogen) atoms. The van der Waals surface area contributed by atoms with Crippen molar-refractivity contribution in [3.8, 4) is 5.75 Å². The SMILES string of the molecule is CC(C)(C)OC(=O)CC[C@]1(C(=O)NCc2ccc(C(F)(F)F)cc2)COC(c2ccc(OCCCO)cc2)=N1. The van der Waals surface area contributed by atoms with Crippen LogP contribution in [0.3, 0.4) is 0 Å². The number of rotatable bonds is 11. The minimum atomic E-state index is -4.45. The zero-order chi connectivity index (χ0) is 28.7. The molecule has 3 rings (SSSR count). The van der Waals surface area contributed by atoms with Gasteiger partial charge in [-0.15, -0.1) is 0 Å². The summed E-state index contributed by atoms with van der Waals surface area (Å²) in [5.74, 6) is -0.211. The van der Waals surface area contributed by atoms with E-state index in [1.807, 2.05) is 0 Å². The molecule has 1 atom stereocenters. The molecule has 1 aliphatic rings. The number of halogens is 3. The molecule has 1 aliphatic heterocycles. The molecule has 2 aromatic rings. The molecule has 0 spiro atoms.